The second-order valence-corrected chi connectivity index (χ2v) is 7.64. The summed E-state index contributed by atoms with van der Waals surface area (Å²) in [4.78, 5) is 48.6. The van der Waals surface area contributed by atoms with Gasteiger partial charge < -0.3 is 10.2 Å². The van der Waals surface area contributed by atoms with Crippen molar-refractivity contribution >= 4 is 28.9 Å². The van der Waals surface area contributed by atoms with E-state index in [1.54, 1.807) is 18.2 Å². The minimum Gasteiger partial charge on any atom is -0.324 e. The van der Waals surface area contributed by atoms with Gasteiger partial charge in [0.05, 0.1) is 27.5 Å². The Balaban J connectivity index is 1.91. The number of rotatable bonds is 4. The summed E-state index contributed by atoms with van der Waals surface area (Å²) in [5.41, 5.74) is 1.41. The Kier molecular flexibility index (Phi) is 5.57. The number of carbonyl (C=O) groups excluding carboxylic acids is 2. The molecule has 10 heteroatoms. The largest absolute Gasteiger partial charge is 0.324 e. The predicted molar refractivity (Wildman–Crippen MR) is 119 cm³/mol. The molecule has 0 aliphatic carbocycles. The first-order valence-electron chi connectivity index (χ1n) is 9.95. The maximum atomic E-state index is 13.6. The number of carbonyl (C=O) groups is 2. The van der Waals surface area contributed by atoms with Gasteiger partial charge >= 0.3 is 0 Å². The number of fused-ring (bicyclic) bond motifs is 1. The number of anilines is 1. The van der Waals surface area contributed by atoms with Crippen LogP contribution in [0.2, 0.25) is 0 Å². The molecule has 0 spiro atoms. The summed E-state index contributed by atoms with van der Waals surface area (Å²) in [6, 6.07) is 16.5. The van der Waals surface area contributed by atoms with Gasteiger partial charge in [-0.2, -0.15) is 0 Å². The van der Waals surface area contributed by atoms with Crippen molar-refractivity contribution in [1.82, 2.24) is 4.90 Å². The predicted octanol–water partition coefficient (Wildman–Crippen LogP) is 4.00. The van der Waals surface area contributed by atoms with Gasteiger partial charge in [-0.3, -0.25) is 29.8 Å². The lowest BCUT2D eigenvalue weighted by molar-refractivity contribution is -0.394. The fourth-order valence-corrected chi connectivity index (χ4v) is 3.91. The number of hydrogen-bond donors (Lipinski definition) is 1. The Morgan fingerprint density at radius 1 is 0.970 bits per heavy atom. The van der Waals surface area contributed by atoms with Gasteiger partial charge in [0.25, 0.3) is 17.3 Å². The van der Waals surface area contributed by atoms with Crippen LogP contribution in [0.3, 0.4) is 0 Å². The molecule has 2 amide bonds. The molecule has 166 valence electrons. The first-order chi connectivity index (χ1) is 15.7. The molecule has 0 fully saturated rings. The second kappa shape index (κ2) is 8.50. The highest BCUT2D eigenvalue weighted by Crippen LogP contribution is 2.37. The minimum atomic E-state index is -0.799. The van der Waals surface area contributed by atoms with E-state index in [0.29, 0.717) is 16.8 Å². The molecule has 0 saturated heterocycles. The minimum absolute atomic E-state index is 0.249. The number of benzene rings is 3. The number of non-ortho nitro benzene ring substituents is 2. The summed E-state index contributed by atoms with van der Waals surface area (Å²) in [6.45, 7) is 1.54. The maximum Gasteiger partial charge on any atom is 0.277 e. The Bertz CT molecular complexity index is 1260. The van der Waals surface area contributed by atoms with Crippen LogP contribution in [0.15, 0.2) is 66.7 Å². The summed E-state index contributed by atoms with van der Waals surface area (Å²) in [5, 5.41) is 25.4. The molecule has 33 heavy (non-hydrogen) atoms. The third-order valence-electron chi connectivity index (χ3n) is 5.35. The topological polar surface area (TPSA) is 136 Å². The number of nitro benzene ring substituents is 2. The lowest BCUT2D eigenvalue weighted by atomic mass is 9.94. The van der Waals surface area contributed by atoms with Crippen molar-refractivity contribution in [1.29, 1.82) is 0 Å². The fraction of sp³-hybridized carbons (Fsp3) is 0.130. The van der Waals surface area contributed by atoms with E-state index in [1.165, 1.54) is 4.90 Å². The summed E-state index contributed by atoms with van der Waals surface area (Å²) >= 11 is 0. The first kappa shape index (κ1) is 21.6. The SMILES string of the molecule is Cc1ccc2c(c1)C(c1ccccc1)N(C(=O)c1cc([N+](=O)[O-])cc([N+](=O)[O-])c1)CC(=O)N2. The van der Waals surface area contributed by atoms with E-state index in [2.05, 4.69) is 5.32 Å². The van der Waals surface area contributed by atoms with Crippen LogP contribution in [0.4, 0.5) is 17.1 Å². The molecule has 1 aliphatic rings. The number of nitrogens with zero attached hydrogens (tertiary/aromatic N) is 3. The van der Waals surface area contributed by atoms with E-state index in [1.807, 2.05) is 37.3 Å². The van der Waals surface area contributed by atoms with Crippen LogP contribution in [0, 0.1) is 27.2 Å². The van der Waals surface area contributed by atoms with Crippen molar-refractivity contribution in [2.75, 3.05) is 11.9 Å². The van der Waals surface area contributed by atoms with Crippen LogP contribution in [0.5, 0.6) is 0 Å². The summed E-state index contributed by atoms with van der Waals surface area (Å²) in [7, 11) is 0. The molecule has 0 bridgehead atoms. The molecule has 3 aromatic rings. The van der Waals surface area contributed by atoms with Crippen LogP contribution in [0.1, 0.15) is 33.1 Å². The van der Waals surface area contributed by atoms with Crippen molar-refractivity contribution in [2.24, 2.45) is 0 Å². The highest BCUT2D eigenvalue weighted by molar-refractivity contribution is 6.02. The van der Waals surface area contributed by atoms with E-state index >= 15 is 0 Å². The Labute approximate surface area is 187 Å². The summed E-state index contributed by atoms with van der Waals surface area (Å²) in [5.74, 6) is -1.19. The Morgan fingerprint density at radius 2 is 1.61 bits per heavy atom. The van der Waals surface area contributed by atoms with Gasteiger partial charge in [0.2, 0.25) is 5.91 Å². The molecule has 0 aromatic heterocycles. The van der Waals surface area contributed by atoms with Crippen LogP contribution in [-0.2, 0) is 4.79 Å². The van der Waals surface area contributed by atoms with Gasteiger partial charge in [-0.15, -0.1) is 0 Å². The summed E-state index contributed by atoms with van der Waals surface area (Å²) < 4.78 is 0. The molecule has 0 saturated carbocycles. The summed E-state index contributed by atoms with van der Waals surface area (Å²) in [6.07, 6.45) is 0. The van der Waals surface area contributed by atoms with Gasteiger partial charge in [0.15, 0.2) is 0 Å². The molecule has 0 radical (unpaired) electrons. The molecule has 1 heterocycles. The Morgan fingerprint density at radius 3 is 2.21 bits per heavy atom. The van der Waals surface area contributed by atoms with Crippen LogP contribution in [0.25, 0.3) is 0 Å². The molecule has 3 aromatic carbocycles. The quantitative estimate of drug-likeness (QED) is 0.475. The third kappa shape index (κ3) is 4.26. The molecular weight excluding hydrogens is 428 g/mol. The van der Waals surface area contributed by atoms with Crippen LogP contribution < -0.4 is 5.32 Å². The standard InChI is InChI=1S/C23H18N4O6/c1-14-7-8-20-19(9-14)22(15-5-3-2-4-6-15)25(13-21(28)24-20)23(29)16-10-17(26(30)31)12-18(11-16)27(32)33/h2-12,22H,13H2,1H3,(H,24,28). The zero-order valence-corrected chi connectivity index (χ0v) is 17.4. The smallest absolute Gasteiger partial charge is 0.277 e. The molecular formula is C23H18N4O6. The second-order valence-electron chi connectivity index (χ2n) is 7.64. The van der Waals surface area contributed by atoms with Crippen LogP contribution >= 0.6 is 0 Å². The maximum absolute atomic E-state index is 13.6. The molecule has 4 rings (SSSR count). The van der Waals surface area contributed by atoms with Crippen molar-refractivity contribution in [3.05, 3.63) is 109 Å². The molecule has 1 aliphatic heterocycles. The van der Waals surface area contributed by atoms with E-state index in [4.69, 9.17) is 0 Å². The average Bonchev–Trinajstić information content (AvgIpc) is 2.94. The highest BCUT2D eigenvalue weighted by atomic mass is 16.6. The highest BCUT2D eigenvalue weighted by Gasteiger charge is 2.35. The van der Waals surface area contributed by atoms with Crippen molar-refractivity contribution < 1.29 is 19.4 Å². The van der Waals surface area contributed by atoms with Gasteiger partial charge in [-0.1, -0.05) is 48.0 Å². The molecule has 1 N–H and O–H groups in total. The number of nitrogens with one attached hydrogen (secondary N) is 1. The van der Waals surface area contributed by atoms with E-state index < -0.39 is 39.1 Å². The van der Waals surface area contributed by atoms with E-state index in [0.717, 1.165) is 23.8 Å². The van der Waals surface area contributed by atoms with E-state index in [9.17, 15) is 29.8 Å². The Hall–Kier alpha value is -4.60. The lowest BCUT2D eigenvalue weighted by Crippen LogP contribution is -2.39. The van der Waals surface area contributed by atoms with E-state index in [-0.39, 0.29) is 12.1 Å². The number of hydrogen-bond acceptors (Lipinski definition) is 6. The molecule has 10 nitrogen and oxygen atoms in total. The van der Waals surface area contributed by atoms with Gasteiger partial charge in [-0.05, 0) is 18.6 Å². The fourth-order valence-electron chi connectivity index (χ4n) is 3.91. The number of aryl methyl sites for hydroxylation is 1. The third-order valence-corrected chi connectivity index (χ3v) is 5.35. The lowest BCUT2D eigenvalue weighted by Gasteiger charge is -2.30. The number of amides is 2. The normalized spacial score (nSPS) is 15.2. The van der Waals surface area contributed by atoms with Crippen molar-refractivity contribution in [3.63, 3.8) is 0 Å². The van der Waals surface area contributed by atoms with Gasteiger partial charge in [-0.25, -0.2) is 0 Å². The molecule has 1 unspecified atom stereocenters. The number of nitro groups is 2. The van der Waals surface area contributed by atoms with Gasteiger partial charge in [0, 0.05) is 23.4 Å². The van der Waals surface area contributed by atoms with Crippen LogP contribution in [-0.4, -0.2) is 33.1 Å². The molecule has 1 atom stereocenters. The zero-order chi connectivity index (χ0) is 23.7. The average molecular weight is 446 g/mol. The van der Waals surface area contributed by atoms with Crippen molar-refractivity contribution in [3.8, 4) is 0 Å². The monoisotopic (exact) mass is 446 g/mol. The zero-order valence-electron chi connectivity index (χ0n) is 17.4. The first-order valence-corrected chi connectivity index (χ1v) is 9.95. The van der Waals surface area contributed by atoms with Crippen molar-refractivity contribution in [2.45, 2.75) is 13.0 Å². The van der Waals surface area contributed by atoms with Gasteiger partial charge in [0.1, 0.15) is 6.54 Å².